The van der Waals surface area contributed by atoms with Crippen LogP contribution in [0, 0.1) is 0 Å². The fraction of sp³-hybridized carbons (Fsp3) is 0.0500. The van der Waals surface area contributed by atoms with Crippen LogP contribution < -0.4 is 10.6 Å². The van der Waals surface area contributed by atoms with Gasteiger partial charge in [0, 0.05) is 11.8 Å². The molecule has 0 fully saturated rings. The Bertz CT molecular complexity index is 991. The molecule has 0 atom stereocenters. The Hall–Kier alpha value is -3.38. The number of nitrogens with one attached hydrogen (secondary N) is 2. The van der Waals surface area contributed by atoms with Crippen LogP contribution >= 0.6 is 11.6 Å². The number of pyridine rings is 1. The highest BCUT2D eigenvalue weighted by molar-refractivity contribution is 6.33. The Balaban J connectivity index is 1.81. The maximum Gasteiger partial charge on any atom is 0.339 e. The van der Waals surface area contributed by atoms with Crippen molar-refractivity contribution in [2.24, 2.45) is 0 Å². The van der Waals surface area contributed by atoms with Gasteiger partial charge in [-0.15, -0.1) is 0 Å². The van der Waals surface area contributed by atoms with Crippen LogP contribution in [0.4, 0.5) is 17.2 Å². The molecular weight excluding hydrogens is 366 g/mol. The number of para-hydroxylation sites is 2. The number of carbonyl (C=O) groups is 2. The minimum absolute atomic E-state index is 0.324. The molecule has 7 heteroatoms. The molecular formula is C20H16ClN3O3. The number of halogens is 1. The minimum atomic E-state index is -0.467. The van der Waals surface area contributed by atoms with Gasteiger partial charge in [-0.3, -0.25) is 4.79 Å². The van der Waals surface area contributed by atoms with E-state index in [0.29, 0.717) is 33.3 Å². The van der Waals surface area contributed by atoms with Gasteiger partial charge in [-0.2, -0.15) is 0 Å². The molecule has 6 nitrogen and oxygen atoms in total. The highest BCUT2D eigenvalue weighted by Gasteiger charge is 2.13. The molecule has 0 bridgehead atoms. The van der Waals surface area contributed by atoms with Crippen LogP contribution in [0.25, 0.3) is 0 Å². The van der Waals surface area contributed by atoms with E-state index in [9.17, 15) is 9.59 Å². The number of aromatic nitrogens is 1. The predicted molar refractivity (Wildman–Crippen MR) is 105 cm³/mol. The summed E-state index contributed by atoms with van der Waals surface area (Å²) in [6.07, 6.45) is 1.50. The van der Waals surface area contributed by atoms with Crippen molar-refractivity contribution in [3.05, 3.63) is 83.0 Å². The Morgan fingerprint density at radius 3 is 2.44 bits per heavy atom. The second kappa shape index (κ2) is 8.33. The summed E-state index contributed by atoms with van der Waals surface area (Å²) in [4.78, 5) is 28.6. The maximum absolute atomic E-state index is 12.5. The van der Waals surface area contributed by atoms with Gasteiger partial charge in [0.15, 0.2) is 0 Å². The zero-order chi connectivity index (χ0) is 19.2. The molecule has 0 saturated carbocycles. The predicted octanol–water partition coefficient (Wildman–Crippen LogP) is 4.52. The maximum atomic E-state index is 12.5. The van der Waals surface area contributed by atoms with Gasteiger partial charge in [-0.05, 0) is 36.4 Å². The Labute approximate surface area is 161 Å². The minimum Gasteiger partial charge on any atom is -0.465 e. The van der Waals surface area contributed by atoms with Gasteiger partial charge in [0.05, 0.1) is 29.1 Å². The van der Waals surface area contributed by atoms with Crippen molar-refractivity contribution in [2.45, 2.75) is 0 Å². The number of anilines is 3. The van der Waals surface area contributed by atoms with Crippen LogP contribution in [0.2, 0.25) is 5.02 Å². The lowest BCUT2D eigenvalue weighted by Crippen LogP contribution is -2.13. The number of benzene rings is 2. The third kappa shape index (κ3) is 4.43. The largest absolute Gasteiger partial charge is 0.465 e. The van der Waals surface area contributed by atoms with Crippen molar-refractivity contribution >= 4 is 40.7 Å². The van der Waals surface area contributed by atoms with Gasteiger partial charge in [0.2, 0.25) is 0 Å². The molecule has 136 valence electrons. The zero-order valence-corrected chi connectivity index (χ0v) is 15.2. The first-order valence-corrected chi connectivity index (χ1v) is 8.42. The number of rotatable bonds is 5. The summed E-state index contributed by atoms with van der Waals surface area (Å²) < 4.78 is 4.78. The van der Waals surface area contributed by atoms with Crippen LogP contribution in [0.15, 0.2) is 66.9 Å². The molecule has 2 N–H and O–H groups in total. The van der Waals surface area contributed by atoms with Crippen molar-refractivity contribution in [1.29, 1.82) is 0 Å². The van der Waals surface area contributed by atoms with Crippen LogP contribution in [0.1, 0.15) is 20.7 Å². The van der Waals surface area contributed by atoms with Gasteiger partial charge in [0.1, 0.15) is 5.82 Å². The number of nitrogens with zero attached hydrogens (tertiary/aromatic N) is 1. The summed E-state index contributed by atoms with van der Waals surface area (Å²) in [5.41, 5.74) is 1.81. The number of carbonyl (C=O) groups excluding carboxylic acids is 2. The van der Waals surface area contributed by atoms with Crippen molar-refractivity contribution < 1.29 is 14.3 Å². The van der Waals surface area contributed by atoms with E-state index < -0.39 is 5.97 Å². The van der Waals surface area contributed by atoms with Crippen LogP contribution in [0.3, 0.4) is 0 Å². The molecule has 1 heterocycles. The van der Waals surface area contributed by atoms with Gasteiger partial charge in [-0.1, -0.05) is 35.9 Å². The lowest BCUT2D eigenvalue weighted by Gasteiger charge is -2.11. The lowest BCUT2D eigenvalue weighted by molar-refractivity contribution is 0.0601. The van der Waals surface area contributed by atoms with Crippen LogP contribution in [-0.4, -0.2) is 24.0 Å². The lowest BCUT2D eigenvalue weighted by atomic mass is 10.1. The summed E-state index contributed by atoms with van der Waals surface area (Å²) in [5, 5.41) is 6.25. The molecule has 0 aliphatic heterocycles. The normalized spacial score (nSPS) is 10.1. The van der Waals surface area contributed by atoms with Gasteiger partial charge in [-0.25, -0.2) is 9.78 Å². The fourth-order valence-corrected chi connectivity index (χ4v) is 2.60. The molecule has 0 aliphatic carbocycles. The first-order valence-electron chi connectivity index (χ1n) is 8.05. The van der Waals surface area contributed by atoms with E-state index in [2.05, 4.69) is 15.6 Å². The summed E-state index contributed by atoms with van der Waals surface area (Å²) in [6, 6.07) is 17.0. The Morgan fingerprint density at radius 1 is 1.00 bits per heavy atom. The van der Waals surface area contributed by atoms with E-state index in [1.54, 1.807) is 60.7 Å². The van der Waals surface area contributed by atoms with E-state index in [1.165, 1.54) is 13.3 Å². The molecule has 1 aromatic heterocycles. The van der Waals surface area contributed by atoms with E-state index in [4.69, 9.17) is 16.3 Å². The quantitative estimate of drug-likeness (QED) is 0.635. The van der Waals surface area contributed by atoms with Gasteiger partial charge < -0.3 is 15.4 Å². The van der Waals surface area contributed by atoms with Crippen molar-refractivity contribution in [3.8, 4) is 0 Å². The molecule has 27 heavy (non-hydrogen) atoms. The van der Waals surface area contributed by atoms with Gasteiger partial charge >= 0.3 is 5.97 Å². The molecule has 3 aromatic rings. The second-order valence-corrected chi connectivity index (χ2v) is 5.93. The summed E-state index contributed by atoms with van der Waals surface area (Å²) in [6.45, 7) is 0. The first kappa shape index (κ1) is 18.4. The highest BCUT2D eigenvalue weighted by atomic mass is 35.5. The molecule has 2 aromatic carbocycles. The van der Waals surface area contributed by atoms with Crippen molar-refractivity contribution in [2.75, 3.05) is 17.7 Å². The number of hydrogen-bond donors (Lipinski definition) is 2. The Kier molecular flexibility index (Phi) is 5.68. The monoisotopic (exact) mass is 381 g/mol. The van der Waals surface area contributed by atoms with Gasteiger partial charge in [0.25, 0.3) is 5.91 Å². The molecule has 0 spiro atoms. The van der Waals surface area contributed by atoms with Crippen molar-refractivity contribution in [3.63, 3.8) is 0 Å². The van der Waals surface area contributed by atoms with E-state index in [1.807, 2.05) is 0 Å². The second-order valence-electron chi connectivity index (χ2n) is 5.53. The third-order valence-corrected chi connectivity index (χ3v) is 4.07. The summed E-state index contributed by atoms with van der Waals surface area (Å²) >= 11 is 6.07. The van der Waals surface area contributed by atoms with Crippen LogP contribution in [0.5, 0.6) is 0 Å². The number of esters is 1. The first-order chi connectivity index (χ1) is 13.1. The molecule has 0 saturated heterocycles. The number of methoxy groups -OCH3 is 1. The molecule has 0 aliphatic rings. The van der Waals surface area contributed by atoms with Crippen molar-refractivity contribution in [1.82, 2.24) is 4.98 Å². The van der Waals surface area contributed by atoms with E-state index in [-0.39, 0.29) is 5.91 Å². The summed E-state index contributed by atoms with van der Waals surface area (Å²) in [5.74, 6) is -0.376. The summed E-state index contributed by atoms with van der Waals surface area (Å²) in [7, 11) is 1.32. The molecule has 0 radical (unpaired) electrons. The standard InChI is InChI=1S/C20H16ClN3O3/c1-27-20(26)14-6-2-4-8-16(14)23-18-12-13(10-11-22-18)19(25)24-17-9-5-3-7-15(17)21/h2-12H,1H3,(H,22,23)(H,24,25). The average molecular weight is 382 g/mol. The molecule has 1 amide bonds. The molecule has 0 unspecified atom stereocenters. The van der Waals surface area contributed by atoms with E-state index >= 15 is 0 Å². The third-order valence-electron chi connectivity index (χ3n) is 3.74. The smallest absolute Gasteiger partial charge is 0.339 e. The number of amides is 1. The number of ether oxygens (including phenoxy) is 1. The fourth-order valence-electron chi connectivity index (χ4n) is 2.42. The van der Waals surface area contributed by atoms with Crippen LogP contribution in [-0.2, 0) is 4.74 Å². The average Bonchev–Trinajstić information content (AvgIpc) is 2.70. The zero-order valence-electron chi connectivity index (χ0n) is 14.4. The Morgan fingerprint density at radius 2 is 1.70 bits per heavy atom. The SMILES string of the molecule is COC(=O)c1ccccc1Nc1cc(C(=O)Nc2ccccc2Cl)ccn1. The molecule has 3 rings (SSSR count). The van der Waals surface area contributed by atoms with E-state index in [0.717, 1.165) is 0 Å². The number of hydrogen-bond acceptors (Lipinski definition) is 5. The topological polar surface area (TPSA) is 80.3 Å². The highest BCUT2D eigenvalue weighted by Crippen LogP contribution is 2.23.